The van der Waals surface area contributed by atoms with Crippen molar-refractivity contribution in [2.45, 2.75) is 6.92 Å². The van der Waals surface area contributed by atoms with Gasteiger partial charge < -0.3 is 5.32 Å². The molecule has 0 aliphatic rings. The maximum atomic E-state index is 10.6. The first-order valence-corrected chi connectivity index (χ1v) is 5.85. The van der Waals surface area contributed by atoms with Gasteiger partial charge in [0.15, 0.2) is 0 Å². The van der Waals surface area contributed by atoms with Gasteiger partial charge in [0.2, 0.25) is 6.41 Å². The van der Waals surface area contributed by atoms with Crippen molar-refractivity contribution in [2.24, 2.45) is 0 Å². The molecule has 0 spiro atoms. The zero-order valence-electron chi connectivity index (χ0n) is 10.3. The van der Waals surface area contributed by atoms with Crippen molar-refractivity contribution in [1.82, 2.24) is 5.32 Å². The van der Waals surface area contributed by atoms with Crippen LogP contribution in [0.5, 0.6) is 0 Å². The van der Waals surface area contributed by atoms with E-state index >= 15 is 0 Å². The maximum absolute atomic E-state index is 10.6. The van der Waals surface area contributed by atoms with E-state index in [4.69, 9.17) is 0 Å². The van der Waals surface area contributed by atoms with Gasteiger partial charge in [-0.3, -0.25) is 4.79 Å². The Labute approximate surface area is 107 Å². The summed E-state index contributed by atoms with van der Waals surface area (Å²) in [6, 6.07) is 20.1. The highest BCUT2D eigenvalue weighted by Crippen LogP contribution is 2.25. The number of carbonyl (C=O) groups is 1. The summed E-state index contributed by atoms with van der Waals surface area (Å²) in [7, 11) is 0. The molecule has 2 rings (SSSR count). The Morgan fingerprint density at radius 2 is 1.33 bits per heavy atom. The lowest BCUT2D eigenvalue weighted by Crippen LogP contribution is -2.10. The van der Waals surface area contributed by atoms with Gasteiger partial charge in [0.1, 0.15) is 0 Å². The standard InChI is InChI=1S/C16H15NO/c1-13(17-12-18)16(14-8-4-2-5-9-14)15-10-6-3-7-11-15/h2-12H,1H3,(H,17,18). The van der Waals surface area contributed by atoms with Crippen molar-refractivity contribution < 1.29 is 4.79 Å². The van der Waals surface area contributed by atoms with E-state index in [1.165, 1.54) is 0 Å². The first-order valence-electron chi connectivity index (χ1n) is 5.85. The lowest BCUT2D eigenvalue weighted by atomic mass is 9.96. The lowest BCUT2D eigenvalue weighted by molar-refractivity contribution is -0.108. The predicted octanol–water partition coefficient (Wildman–Crippen LogP) is 3.21. The van der Waals surface area contributed by atoms with Gasteiger partial charge in [0, 0.05) is 11.3 Å². The average molecular weight is 237 g/mol. The number of rotatable bonds is 4. The topological polar surface area (TPSA) is 29.1 Å². The molecule has 0 heterocycles. The molecule has 1 N–H and O–H groups in total. The fraction of sp³-hybridized carbons (Fsp3) is 0.0625. The minimum atomic E-state index is 0.710. The molecule has 90 valence electrons. The number of hydrogen-bond acceptors (Lipinski definition) is 1. The quantitative estimate of drug-likeness (QED) is 0.813. The Kier molecular flexibility index (Phi) is 3.92. The molecule has 0 unspecified atom stereocenters. The van der Waals surface area contributed by atoms with Gasteiger partial charge in [-0.2, -0.15) is 0 Å². The molecule has 0 atom stereocenters. The molecule has 18 heavy (non-hydrogen) atoms. The molecule has 0 aliphatic heterocycles. The normalized spacial score (nSPS) is 9.61. The number of nitrogens with one attached hydrogen (secondary N) is 1. The Bertz CT molecular complexity index is 502. The first kappa shape index (κ1) is 12.1. The van der Waals surface area contributed by atoms with Crippen molar-refractivity contribution >= 4 is 12.0 Å². The van der Waals surface area contributed by atoms with Crippen molar-refractivity contribution in [3.05, 3.63) is 77.5 Å². The predicted molar refractivity (Wildman–Crippen MR) is 73.8 cm³/mol. The van der Waals surface area contributed by atoms with Crippen molar-refractivity contribution in [1.29, 1.82) is 0 Å². The molecule has 2 nitrogen and oxygen atoms in total. The van der Waals surface area contributed by atoms with E-state index in [0.29, 0.717) is 6.41 Å². The molecule has 2 aromatic rings. The number of allylic oxidation sites excluding steroid dienone is 1. The highest BCUT2D eigenvalue weighted by Gasteiger charge is 2.07. The van der Waals surface area contributed by atoms with Crippen molar-refractivity contribution in [2.75, 3.05) is 0 Å². The van der Waals surface area contributed by atoms with E-state index in [1.807, 2.05) is 67.6 Å². The van der Waals surface area contributed by atoms with Crippen molar-refractivity contribution in [3.8, 4) is 0 Å². The molecule has 0 aromatic heterocycles. The Morgan fingerprint density at radius 1 is 0.889 bits per heavy atom. The van der Waals surface area contributed by atoms with Gasteiger partial charge in [-0.25, -0.2) is 0 Å². The minimum Gasteiger partial charge on any atom is -0.332 e. The molecule has 0 fully saturated rings. The van der Waals surface area contributed by atoms with Gasteiger partial charge in [0.05, 0.1) is 0 Å². The fourth-order valence-electron chi connectivity index (χ4n) is 1.97. The van der Waals surface area contributed by atoms with Crippen LogP contribution in [0.2, 0.25) is 0 Å². The number of amides is 1. The van der Waals surface area contributed by atoms with Crippen LogP contribution in [0.1, 0.15) is 18.1 Å². The number of hydrogen-bond donors (Lipinski definition) is 1. The highest BCUT2D eigenvalue weighted by atomic mass is 16.1. The van der Waals surface area contributed by atoms with E-state index in [0.717, 1.165) is 22.4 Å². The van der Waals surface area contributed by atoms with E-state index in [1.54, 1.807) is 0 Å². The zero-order chi connectivity index (χ0) is 12.8. The van der Waals surface area contributed by atoms with Crippen LogP contribution in [0.3, 0.4) is 0 Å². The zero-order valence-corrected chi connectivity index (χ0v) is 10.3. The minimum absolute atomic E-state index is 0.710. The fourth-order valence-corrected chi connectivity index (χ4v) is 1.97. The highest BCUT2D eigenvalue weighted by molar-refractivity contribution is 5.82. The average Bonchev–Trinajstić information content (AvgIpc) is 2.42. The second-order valence-electron chi connectivity index (χ2n) is 3.99. The Hall–Kier alpha value is -2.35. The molecule has 2 heteroatoms. The van der Waals surface area contributed by atoms with Crippen LogP contribution in [0.4, 0.5) is 0 Å². The summed E-state index contributed by atoms with van der Waals surface area (Å²) in [6.07, 6.45) is 0.710. The maximum Gasteiger partial charge on any atom is 0.211 e. The summed E-state index contributed by atoms with van der Waals surface area (Å²) in [4.78, 5) is 10.6. The molecule has 2 aromatic carbocycles. The van der Waals surface area contributed by atoms with Crippen molar-refractivity contribution in [3.63, 3.8) is 0 Å². The van der Waals surface area contributed by atoms with Crippen LogP contribution < -0.4 is 5.32 Å². The second kappa shape index (κ2) is 5.82. The van der Waals surface area contributed by atoms with E-state index in [9.17, 15) is 4.79 Å². The SMILES string of the molecule is CC(NC=O)=C(c1ccccc1)c1ccccc1. The summed E-state index contributed by atoms with van der Waals surface area (Å²) >= 11 is 0. The molecule has 0 aliphatic carbocycles. The Balaban J connectivity index is 2.56. The first-order chi connectivity index (χ1) is 8.83. The van der Waals surface area contributed by atoms with Crippen LogP contribution >= 0.6 is 0 Å². The number of benzene rings is 2. The van der Waals surface area contributed by atoms with Gasteiger partial charge >= 0.3 is 0 Å². The van der Waals surface area contributed by atoms with Gasteiger partial charge in [-0.05, 0) is 18.1 Å². The Morgan fingerprint density at radius 3 is 1.72 bits per heavy atom. The lowest BCUT2D eigenvalue weighted by Gasteiger charge is -2.12. The largest absolute Gasteiger partial charge is 0.332 e. The van der Waals surface area contributed by atoms with E-state index in [2.05, 4.69) is 5.32 Å². The van der Waals surface area contributed by atoms with Gasteiger partial charge in [0.25, 0.3) is 0 Å². The second-order valence-corrected chi connectivity index (χ2v) is 3.99. The third-order valence-corrected chi connectivity index (χ3v) is 2.78. The molecule has 0 saturated carbocycles. The molecular formula is C16H15NO. The van der Waals surface area contributed by atoms with Crippen LogP contribution in [0.15, 0.2) is 66.4 Å². The summed E-state index contributed by atoms with van der Waals surface area (Å²) in [5, 5.41) is 2.74. The van der Waals surface area contributed by atoms with Gasteiger partial charge in [-0.1, -0.05) is 60.7 Å². The number of carbonyl (C=O) groups excluding carboxylic acids is 1. The van der Waals surface area contributed by atoms with Crippen LogP contribution in [0, 0.1) is 0 Å². The van der Waals surface area contributed by atoms with Crippen LogP contribution in [-0.2, 0) is 4.79 Å². The summed E-state index contributed by atoms with van der Waals surface area (Å²) in [5.41, 5.74) is 4.08. The van der Waals surface area contributed by atoms with Crippen LogP contribution in [-0.4, -0.2) is 6.41 Å². The summed E-state index contributed by atoms with van der Waals surface area (Å²) < 4.78 is 0. The monoisotopic (exact) mass is 237 g/mol. The van der Waals surface area contributed by atoms with Crippen LogP contribution in [0.25, 0.3) is 5.57 Å². The van der Waals surface area contributed by atoms with E-state index < -0.39 is 0 Å². The third kappa shape index (κ3) is 2.66. The molecule has 1 amide bonds. The molecule has 0 radical (unpaired) electrons. The van der Waals surface area contributed by atoms with E-state index in [-0.39, 0.29) is 0 Å². The molecule has 0 saturated heterocycles. The molecule has 0 bridgehead atoms. The summed E-state index contributed by atoms with van der Waals surface area (Å²) in [6.45, 7) is 1.91. The van der Waals surface area contributed by atoms with Gasteiger partial charge in [-0.15, -0.1) is 0 Å². The summed E-state index contributed by atoms with van der Waals surface area (Å²) in [5.74, 6) is 0. The third-order valence-electron chi connectivity index (χ3n) is 2.78. The smallest absolute Gasteiger partial charge is 0.211 e. The molecular weight excluding hydrogens is 222 g/mol.